The molecular weight excluding hydrogens is 439 g/mol. The minimum absolute atomic E-state index is 0. The third-order valence-electron chi connectivity index (χ3n) is 5.23. The second-order valence-electron chi connectivity index (χ2n) is 7.00. The van der Waals surface area contributed by atoms with Crippen molar-refractivity contribution in [2.24, 2.45) is 4.99 Å². The SMILES string of the molecule is CN=C(NCCN(C)CCOC)NCC1(c2ccccc2)CCCC1.I. The van der Waals surface area contributed by atoms with Gasteiger partial charge in [-0.2, -0.15) is 0 Å². The van der Waals surface area contributed by atoms with Gasteiger partial charge in [-0.05, 0) is 25.5 Å². The summed E-state index contributed by atoms with van der Waals surface area (Å²) in [5.41, 5.74) is 1.70. The number of benzene rings is 1. The maximum atomic E-state index is 5.11. The van der Waals surface area contributed by atoms with Crippen LogP contribution >= 0.6 is 24.0 Å². The molecule has 0 amide bonds. The van der Waals surface area contributed by atoms with Gasteiger partial charge in [0.1, 0.15) is 0 Å². The highest BCUT2D eigenvalue weighted by molar-refractivity contribution is 14.0. The summed E-state index contributed by atoms with van der Waals surface area (Å²) in [6.07, 6.45) is 5.13. The number of ether oxygens (including phenoxy) is 1. The highest BCUT2D eigenvalue weighted by atomic mass is 127. The van der Waals surface area contributed by atoms with Crippen LogP contribution in [0.25, 0.3) is 0 Å². The van der Waals surface area contributed by atoms with E-state index in [-0.39, 0.29) is 29.4 Å². The van der Waals surface area contributed by atoms with Crippen LogP contribution in [-0.4, -0.2) is 64.9 Å². The zero-order valence-electron chi connectivity index (χ0n) is 16.5. The van der Waals surface area contributed by atoms with Crippen molar-refractivity contribution in [2.75, 3.05) is 54.0 Å². The van der Waals surface area contributed by atoms with E-state index in [2.05, 4.69) is 57.9 Å². The summed E-state index contributed by atoms with van der Waals surface area (Å²) in [4.78, 5) is 6.64. The first-order valence-electron chi connectivity index (χ1n) is 9.38. The summed E-state index contributed by atoms with van der Waals surface area (Å²) >= 11 is 0. The maximum Gasteiger partial charge on any atom is 0.191 e. The van der Waals surface area contributed by atoms with E-state index in [9.17, 15) is 0 Å². The Morgan fingerprint density at radius 2 is 1.85 bits per heavy atom. The maximum absolute atomic E-state index is 5.11. The lowest BCUT2D eigenvalue weighted by Gasteiger charge is -2.31. The predicted molar refractivity (Wildman–Crippen MR) is 121 cm³/mol. The monoisotopic (exact) mass is 474 g/mol. The Morgan fingerprint density at radius 1 is 1.15 bits per heavy atom. The van der Waals surface area contributed by atoms with E-state index in [0.717, 1.165) is 38.7 Å². The molecule has 1 saturated carbocycles. The standard InChI is InChI=1S/C20H34N4O.HI/c1-21-19(22-13-14-24(2)15-16-25-3)23-17-20(11-7-8-12-20)18-9-5-4-6-10-18;/h4-6,9-10H,7-8,11-17H2,1-3H3,(H2,21,22,23);1H. The Labute approximate surface area is 176 Å². The fraction of sp³-hybridized carbons (Fsp3) is 0.650. The third-order valence-corrected chi connectivity index (χ3v) is 5.23. The summed E-state index contributed by atoms with van der Waals surface area (Å²) in [6.45, 7) is 4.49. The lowest BCUT2D eigenvalue weighted by atomic mass is 9.79. The Balaban J connectivity index is 0.00000338. The van der Waals surface area contributed by atoms with E-state index < -0.39 is 0 Å². The van der Waals surface area contributed by atoms with Gasteiger partial charge < -0.3 is 20.3 Å². The van der Waals surface area contributed by atoms with E-state index in [1.165, 1.54) is 31.2 Å². The number of halogens is 1. The van der Waals surface area contributed by atoms with E-state index in [0.29, 0.717) is 0 Å². The fourth-order valence-electron chi connectivity index (χ4n) is 3.61. The van der Waals surface area contributed by atoms with Gasteiger partial charge in [0, 0.05) is 45.8 Å². The van der Waals surface area contributed by atoms with Gasteiger partial charge in [0.25, 0.3) is 0 Å². The largest absolute Gasteiger partial charge is 0.383 e. The molecule has 0 aliphatic heterocycles. The first-order valence-corrected chi connectivity index (χ1v) is 9.38. The van der Waals surface area contributed by atoms with E-state index in [4.69, 9.17) is 4.74 Å². The average Bonchev–Trinajstić information content (AvgIpc) is 3.13. The first-order chi connectivity index (χ1) is 12.2. The number of rotatable bonds is 9. The van der Waals surface area contributed by atoms with Gasteiger partial charge in [0.15, 0.2) is 5.96 Å². The van der Waals surface area contributed by atoms with Crippen LogP contribution in [-0.2, 0) is 10.2 Å². The predicted octanol–water partition coefficient (Wildman–Crippen LogP) is 2.86. The molecule has 1 aliphatic carbocycles. The number of guanidine groups is 1. The van der Waals surface area contributed by atoms with Gasteiger partial charge in [0.2, 0.25) is 0 Å². The number of nitrogens with zero attached hydrogens (tertiary/aromatic N) is 2. The Bertz CT molecular complexity index is 518. The van der Waals surface area contributed by atoms with Gasteiger partial charge in [-0.3, -0.25) is 4.99 Å². The quantitative estimate of drug-likeness (QED) is 0.329. The minimum Gasteiger partial charge on any atom is -0.383 e. The first kappa shape index (κ1) is 23.2. The molecule has 2 rings (SSSR count). The topological polar surface area (TPSA) is 48.9 Å². The van der Waals surface area contributed by atoms with Crippen LogP contribution in [0, 0.1) is 0 Å². The van der Waals surface area contributed by atoms with Crippen molar-refractivity contribution in [1.29, 1.82) is 0 Å². The number of likely N-dealkylation sites (N-methyl/N-ethyl adjacent to an activating group) is 1. The van der Waals surface area contributed by atoms with E-state index >= 15 is 0 Å². The normalized spacial score (nSPS) is 16.4. The van der Waals surface area contributed by atoms with Crippen LogP contribution in [0.3, 0.4) is 0 Å². The Hall–Kier alpha value is -0.860. The molecule has 5 nitrogen and oxygen atoms in total. The van der Waals surface area contributed by atoms with Crippen LogP contribution < -0.4 is 10.6 Å². The van der Waals surface area contributed by atoms with Crippen LogP contribution in [0.5, 0.6) is 0 Å². The number of aliphatic imine (C=N–C) groups is 1. The summed E-state index contributed by atoms with van der Waals surface area (Å²) < 4.78 is 5.11. The van der Waals surface area contributed by atoms with Crippen molar-refractivity contribution in [3.05, 3.63) is 35.9 Å². The fourth-order valence-corrected chi connectivity index (χ4v) is 3.61. The van der Waals surface area contributed by atoms with Crippen LogP contribution in [0.2, 0.25) is 0 Å². The molecule has 0 bridgehead atoms. The summed E-state index contributed by atoms with van der Waals surface area (Å²) in [5.74, 6) is 0.891. The second kappa shape index (κ2) is 12.5. The van der Waals surface area contributed by atoms with E-state index in [1.807, 2.05) is 7.05 Å². The highest BCUT2D eigenvalue weighted by Gasteiger charge is 2.35. The molecule has 0 unspecified atom stereocenters. The number of methoxy groups -OCH3 is 1. The van der Waals surface area contributed by atoms with Crippen molar-refractivity contribution in [3.63, 3.8) is 0 Å². The molecule has 2 N–H and O–H groups in total. The lowest BCUT2D eigenvalue weighted by molar-refractivity contribution is 0.162. The second-order valence-corrected chi connectivity index (χ2v) is 7.00. The Kier molecular flexibility index (Phi) is 11.2. The zero-order chi connectivity index (χ0) is 18.0. The highest BCUT2D eigenvalue weighted by Crippen LogP contribution is 2.40. The number of hydrogen-bond donors (Lipinski definition) is 2. The van der Waals surface area contributed by atoms with Crippen molar-refractivity contribution in [2.45, 2.75) is 31.1 Å². The molecule has 1 aliphatic rings. The smallest absolute Gasteiger partial charge is 0.191 e. The van der Waals surface area contributed by atoms with Gasteiger partial charge in [-0.15, -0.1) is 24.0 Å². The van der Waals surface area contributed by atoms with Crippen LogP contribution in [0.4, 0.5) is 0 Å². The average molecular weight is 474 g/mol. The van der Waals surface area contributed by atoms with Crippen molar-refractivity contribution in [3.8, 4) is 0 Å². The number of nitrogens with one attached hydrogen (secondary N) is 2. The number of hydrogen-bond acceptors (Lipinski definition) is 3. The van der Waals surface area contributed by atoms with Gasteiger partial charge in [-0.1, -0.05) is 43.2 Å². The molecule has 0 aromatic heterocycles. The lowest BCUT2D eigenvalue weighted by Crippen LogP contribution is -2.46. The summed E-state index contributed by atoms with van der Waals surface area (Å²) in [6, 6.07) is 10.9. The summed E-state index contributed by atoms with van der Waals surface area (Å²) in [7, 11) is 5.69. The minimum atomic E-state index is 0. The van der Waals surface area contributed by atoms with Crippen molar-refractivity contribution in [1.82, 2.24) is 15.5 Å². The van der Waals surface area contributed by atoms with E-state index in [1.54, 1.807) is 7.11 Å². The van der Waals surface area contributed by atoms with Gasteiger partial charge >= 0.3 is 0 Å². The molecular formula is C20H35IN4O. The van der Waals surface area contributed by atoms with Crippen molar-refractivity contribution < 1.29 is 4.74 Å². The molecule has 0 saturated heterocycles. The third kappa shape index (κ3) is 7.04. The molecule has 26 heavy (non-hydrogen) atoms. The molecule has 0 heterocycles. The molecule has 0 spiro atoms. The van der Waals surface area contributed by atoms with Gasteiger partial charge in [0.05, 0.1) is 6.61 Å². The Morgan fingerprint density at radius 3 is 2.46 bits per heavy atom. The van der Waals surface area contributed by atoms with Crippen LogP contribution in [0.1, 0.15) is 31.2 Å². The summed E-state index contributed by atoms with van der Waals surface area (Å²) in [5, 5.41) is 6.99. The van der Waals surface area contributed by atoms with Crippen molar-refractivity contribution >= 4 is 29.9 Å². The molecule has 148 valence electrons. The van der Waals surface area contributed by atoms with Gasteiger partial charge in [-0.25, -0.2) is 0 Å². The van der Waals surface area contributed by atoms with Crippen LogP contribution in [0.15, 0.2) is 35.3 Å². The molecule has 0 atom stereocenters. The molecule has 1 fully saturated rings. The zero-order valence-corrected chi connectivity index (χ0v) is 18.8. The molecule has 0 radical (unpaired) electrons. The molecule has 1 aromatic rings. The molecule has 6 heteroatoms. The molecule has 1 aromatic carbocycles.